The number of rotatable bonds is 5. The third kappa shape index (κ3) is 2.80. The molecule has 3 heterocycles. The lowest BCUT2D eigenvalue weighted by atomic mass is 10.2. The van der Waals surface area contributed by atoms with Gasteiger partial charge in [0.2, 0.25) is 0 Å². The molecule has 25 heavy (non-hydrogen) atoms. The van der Waals surface area contributed by atoms with Gasteiger partial charge in [-0.25, -0.2) is 13.5 Å². The summed E-state index contributed by atoms with van der Waals surface area (Å²) < 4.78 is 35.3. The van der Waals surface area contributed by atoms with E-state index < -0.39 is 17.2 Å². The number of hydrogen-bond donors (Lipinski definition) is 0. The number of ether oxygens (including phenoxy) is 1. The quantitative estimate of drug-likeness (QED) is 0.547. The van der Waals surface area contributed by atoms with E-state index in [9.17, 15) is 13.6 Å². The van der Waals surface area contributed by atoms with Crippen molar-refractivity contribution in [3.05, 3.63) is 74.4 Å². The number of benzene rings is 1. The van der Waals surface area contributed by atoms with Gasteiger partial charge in [0.1, 0.15) is 40.4 Å². The first-order valence-electron chi connectivity index (χ1n) is 7.49. The Bertz CT molecular complexity index is 1060. The molecule has 0 saturated carbocycles. The Morgan fingerprint density at radius 1 is 1.28 bits per heavy atom. The summed E-state index contributed by atoms with van der Waals surface area (Å²) in [6.45, 7) is 1.92. The molecule has 2 aliphatic heterocycles. The maximum Gasteiger partial charge on any atom is 0.273 e. The second-order valence-electron chi connectivity index (χ2n) is 5.79. The number of nitrogens with zero attached hydrogens (tertiary/aromatic N) is 3. The summed E-state index contributed by atoms with van der Waals surface area (Å²) in [5.41, 5.74) is 2.26. The molecule has 0 saturated heterocycles. The molecule has 4 rings (SSSR count). The first-order chi connectivity index (χ1) is 11.9. The van der Waals surface area contributed by atoms with E-state index in [0.29, 0.717) is 12.2 Å². The van der Waals surface area contributed by atoms with Crippen LogP contribution in [-0.2, 0) is 13.2 Å². The molecule has 2 aliphatic rings. The number of pyridine rings is 1. The summed E-state index contributed by atoms with van der Waals surface area (Å²) in [6.07, 6.45) is 1.87. The van der Waals surface area contributed by atoms with Gasteiger partial charge in [0.05, 0.1) is 12.7 Å². The number of aromatic nitrogens is 3. The molecule has 0 N–H and O–H groups in total. The highest BCUT2D eigenvalue weighted by Gasteiger charge is 2.24. The van der Waals surface area contributed by atoms with Gasteiger partial charge < -0.3 is 9.30 Å². The van der Waals surface area contributed by atoms with Crippen LogP contribution in [0.15, 0.2) is 35.3 Å². The van der Waals surface area contributed by atoms with Gasteiger partial charge >= 0.3 is 0 Å². The highest BCUT2D eigenvalue weighted by atomic mass is 35.5. The average molecular weight is 364 g/mol. The molecule has 1 aromatic heterocycles. The van der Waals surface area contributed by atoms with Crippen LogP contribution in [0.5, 0.6) is 5.75 Å². The first kappa shape index (κ1) is 15.8. The van der Waals surface area contributed by atoms with Crippen molar-refractivity contribution in [1.82, 2.24) is 14.3 Å². The molecule has 0 fully saturated rings. The third-order valence-electron chi connectivity index (χ3n) is 4.07. The monoisotopic (exact) mass is 363 g/mol. The van der Waals surface area contributed by atoms with E-state index in [1.165, 1.54) is 10.6 Å². The van der Waals surface area contributed by atoms with Gasteiger partial charge in [-0.2, -0.15) is 5.10 Å². The number of aryl methyl sites for hydroxylation is 1. The van der Waals surface area contributed by atoms with E-state index in [-0.39, 0.29) is 22.9 Å². The van der Waals surface area contributed by atoms with Crippen molar-refractivity contribution in [3.63, 3.8) is 0 Å². The Balaban J connectivity index is 1.57. The molecule has 0 bridgehead atoms. The highest BCUT2D eigenvalue weighted by molar-refractivity contribution is 6.31. The van der Waals surface area contributed by atoms with E-state index in [1.807, 2.05) is 6.20 Å². The lowest BCUT2D eigenvalue weighted by Crippen LogP contribution is -2.25. The predicted molar refractivity (Wildman–Crippen MR) is 87.4 cm³/mol. The fourth-order valence-electron chi connectivity index (χ4n) is 2.59. The SMILES string of the molecule is Cc1cc(OCc2ccc(F)cc2F)c(Cl)c(=O)n1Cc1nn2cc1-2. The van der Waals surface area contributed by atoms with Crippen molar-refractivity contribution < 1.29 is 13.5 Å². The predicted octanol–water partition coefficient (Wildman–Crippen LogP) is 3.21. The van der Waals surface area contributed by atoms with Crippen LogP contribution in [0.25, 0.3) is 5.69 Å². The molecule has 1 aromatic carbocycles. The van der Waals surface area contributed by atoms with Crippen LogP contribution >= 0.6 is 11.6 Å². The van der Waals surface area contributed by atoms with Crippen LogP contribution in [0.1, 0.15) is 17.0 Å². The van der Waals surface area contributed by atoms with Crippen molar-refractivity contribution in [1.29, 1.82) is 0 Å². The van der Waals surface area contributed by atoms with Gasteiger partial charge in [-0.3, -0.25) is 4.79 Å². The van der Waals surface area contributed by atoms with Gasteiger partial charge in [0, 0.05) is 23.4 Å². The normalized spacial score (nSPS) is 11.7. The molecule has 0 radical (unpaired) electrons. The minimum Gasteiger partial charge on any atom is -0.487 e. The van der Waals surface area contributed by atoms with Crippen LogP contribution in [0, 0.1) is 18.6 Å². The van der Waals surface area contributed by atoms with Crippen molar-refractivity contribution in [2.75, 3.05) is 0 Å². The Morgan fingerprint density at radius 3 is 2.72 bits per heavy atom. The molecule has 8 heteroatoms. The largest absolute Gasteiger partial charge is 0.487 e. The van der Waals surface area contributed by atoms with Gasteiger partial charge in [0.15, 0.2) is 0 Å². The fraction of sp³-hybridized carbons (Fsp3) is 0.176. The summed E-state index contributed by atoms with van der Waals surface area (Å²) >= 11 is 6.12. The van der Waals surface area contributed by atoms with Gasteiger partial charge in [0.25, 0.3) is 5.56 Å². The lowest BCUT2D eigenvalue weighted by molar-refractivity contribution is 0.298. The van der Waals surface area contributed by atoms with E-state index >= 15 is 0 Å². The molecule has 0 amide bonds. The van der Waals surface area contributed by atoms with Crippen LogP contribution in [-0.4, -0.2) is 14.3 Å². The van der Waals surface area contributed by atoms with Crippen molar-refractivity contribution in [2.45, 2.75) is 20.1 Å². The second-order valence-corrected chi connectivity index (χ2v) is 6.16. The maximum atomic E-state index is 13.7. The molecular formula is C17H12ClF2N3O2. The van der Waals surface area contributed by atoms with Crippen molar-refractivity contribution >= 4 is 11.6 Å². The number of hydrogen-bond acceptors (Lipinski definition) is 3. The van der Waals surface area contributed by atoms with Crippen LogP contribution in [0.4, 0.5) is 8.78 Å². The minimum absolute atomic E-state index is 0.0883. The molecular weight excluding hydrogens is 352 g/mol. The Hall–Kier alpha value is -2.67. The molecule has 2 aromatic rings. The van der Waals surface area contributed by atoms with Gasteiger partial charge in [-0.05, 0) is 19.1 Å². The highest BCUT2D eigenvalue weighted by Crippen LogP contribution is 2.28. The van der Waals surface area contributed by atoms with E-state index in [1.54, 1.807) is 17.7 Å². The first-order valence-corrected chi connectivity index (χ1v) is 7.87. The van der Waals surface area contributed by atoms with Crippen molar-refractivity contribution in [2.24, 2.45) is 0 Å². The average Bonchev–Trinajstić information content (AvgIpc) is 3.21. The number of halogens is 3. The standard InChI is InChI=1S/C17H12ClF2N3O2/c1-9-4-15(25-8-10-2-3-11(19)5-12(10)20)16(18)17(24)22(9)6-13-14-7-23(14)21-13/h2-5,7H,6,8H2,1H3. The molecule has 0 aliphatic carbocycles. The zero-order chi connectivity index (χ0) is 17.7. The van der Waals surface area contributed by atoms with Crippen LogP contribution in [0.3, 0.4) is 0 Å². The van der Waals surface area contributed by atoms with Crippen LogP contribution < -0.4 is 10.3 Å². The molecule has 0 spiro atoms. The summed E-state index contributed by atoms with van der Waals surface area (Å²) in [5, 5.41) is 4.08. The van der Waals surface area contributed by atoms with E-state index in [2.05, 4.69) is 5.10 Å². The van der Waals surface area contributed by atoms with Gasteiger partial charge in [-0.15, -0.1) is 0 Å². The van der Waals surface area contributed by atoms with E-state index in [4.69, 9.17) is 16.3 Å². The van der Waals surface area contributed by atoms with Gasteiger partial charge in [-0.1, -0.05) is 11.6 Å². The molecule has 0 atom stereocenters. The van der Waals surface area contributed by atoms with Crippen LogP contribution in [0.2, 0.25) is 5.02 Å². The second kappa shape index (κ2) is 5.70. The maximum absolute atomic E-state index is 13.7. The molecule has 5 nitrogen and oxygen atoms in total. The summed E-state index contributed by atoms with van der Waals surface area (Å²) in [7, 11) is 0. The smallest absolute Gasteiger partial charge is 0.273 e. The summed E-state index contributed by atoms with van der Waals surface area (Å²) in [6, 6.07) is 4.82. The topological polar surface area (TPSA) is 49.1 Å². The zero-order valence-corrected chi connectivity index (χ0v) is 13.8. The van der Waals surface area contributed by atoms with E-state index in [0.717, 1.165) is 23.5 Å². The Labute approximate surface area is 146 Å². The summed E-state index contributed by atoms with van der Waals surface area (Å²) in [4.78, 5) is 12.5. The third-order valence-corrected chi connectivity index (χ3v) is 4.42. The lowest BCUT2D eigenvalue weighted by Gasteiger charge is -2.15. The molecule has 0 unspecified atom stereocenters. The number of fused-ring (bicyclic) bond motifs is 1. The molecule has 128 valence electrons. The van der Waals surface area contributed by atoms with Crippen molar-refractivity contribution in [3.8, 4) is 11.4 Å². The Morgan fingerprint density at radius 2 is 2.08 bits per heavy atom. The minimum atomic E-state index is -0.716. The summed E-state index contributed by atoms with van der Waals surface area (Å²) in [5.74, 6) is -1.22. The Kier molecular flexibility index (Phi) is 3.61. The fourth-order valence-corrected chi connectivity index (χ4v) is 2.80. The zero-order valence-electron chi connectivity index (χ0n) is 13.1.